The highest BCUT2D eigenvalue weighted by atomic mass is 28.3. The molecule has 0 N–H and O–H groups in total. The Labute approximate surface area is 250 Å². The van der Waals surface area contributed by atoms with Gasteiger partial charge in [0.2, 0.25) is 0 Å². The van der Waals surface area contributed by atoms with Crippen LogP contribution in [0.2, 0.25) is 25.7 Å². The number of carbonyl (C=O) groups is 1. The number of benzene rings is 3. The lowest BCUT2D eigenvalue weighted by atomic mass is 9.83. The SMILES string of the molecule is COc1ccc(COCc2cc([C@H](CC(=O)OCC[Si](C)(C)C)c3ccc4c(nnn4C)c3C)cc3c2CCC3)cc1. The monoisotopic (exact) mass is 585 g/mol. The van der Waals surface area contributed by atoms with E-state index in [0.29, 0.717) is 19.8 Å². The normalized spacial score (nSPS) is 13.8. The molecule has 42 heavy (non-hydrogen) atoms. The summed E-state index contributed by atoms with van der Waals surface area (Å²) in [4.78, 5) is 13.3. The molecule has 3 aromatic carbocycles. The summed E-state index contributed by atoms with van der Waals surface area (Å²) in [5.74, 6) is 0.529. The van der Waals surface area contributed by atoms with Crippen molar-refractivity contribution >= 4 is 25.1 Å². The van der Waals surface area contributed by atoms with Gasteiger partial charge in [0.1, 0.15) is 11.3 Å². The Hall–Kier alpha value is -3.49. The van der Waals surface area contributed by atoms with E-state index in [4.69, 9.17) is 14.2 Å². The molecule has 0 saturated carbocycles. The number of fused-ring (bicyclic) bond motifs is 2. The molecule has 0 radical (unpaired) electrons. The second kappa shape index (κ2) is 12.8. The highest BCUT2D eigenvalue weighted by Gasteiger charge is 2.26. The molecular formula is C34H43N3O4Si. The maximum atomic E-state index is 13.3. The fourth-order valence-electron chi connectivity index (χ4n) is 5.89. The minimum atomic E-state index is -1.31. The largest absolute Gasteiger partial charge is 0.497 e. The van der Waals surface area contributed by atoms with Crippen LogP contribution in [0.3, 0.4) is 0 Å². The van der Waals surface area contributed by atoms with E-state index < -0.39 is 8.07 Å². The van der Waals surface area contributed by atoms with Gasteiger partial charge in [-0.15, -0.1) is 5.10 Å². The van der Waals surface area contributed by atoms with Gasteiger partial charge in [0, 0.05) is 21.0 Å². The van der Waals surface area contributed by atoms with Gasteiger partial charge in [-0.25, -0.2) is 4.68 Å². The average molecular weight is 586 g/mol. The van der Waals surface area contributed by atoms with E-state index in [1.165, 1.54) is 16.7 Å². The number of esters is 1. The average Bonchev–Trinajstić information content (AvgIpc) is 3.59. The number of hydrogen-bond acceptors (Lipinski definition) is 6. The minimum absolute atomic E-state index is 0.151. The Balaban J connectivity index is 1.45. The Morgan fingerprint density at radius 2 is 1.83 bits per heavy atom. The number of aromatic nitrogens is 3. The van der Waals surface area contributed by atoms with E-state index >= 15 is 0 Å². The van der Waals surface area contributed by atoms with Crippen molar-refractivity contribution in [1.29, 1.82) is 0 Å². The molecule has 0 spiro atoms. The fraction of sp³-hybridized carbons (Fsp3) is 0.441. The Bertz CT molecular complexity index is 1560. The van der Waals surface area contributed by atoms with Crippen LogP contribution in [0.5, 0.6) is 5.75 Å². The van der Waals surface area contributed by atoms with Crippen LogP contribution < -0.4 is 4.74 Å². The molecular weight excluding hydrogens is 542 g/mol. The Morgan fingerprint density at radius 1 is 1.05 bits per heavy atom. The molecule has 1 heterocycles. The topological polar surface area (TPSA) is 75.5 Å². The molecule has 5 rings (SSSR count). The van der Waals surface area contributed by atoms with E-state index in [1.54, 1.807) is 11.8 Å². The number of methoxy groups -OCH3 is 1. The van der Waals surface area contributed by atoms with Gasteiger partial charge in [0.15, 0.2) is 0 Å². The van der Waals surface area contributed by atoms with E-state index in [1.807, 2.05) is 31.3 Å². The Morgan fingerprint density at radius 3 is 2.57 bits per heavy atom. The zero-order chi connectivity index (χ0) is 29.9. The number of ether oxygens (including phenoxy) is 3. The predicted octanol–water partition coefficient (Wildman–Crippen LogP) is 6.89. The quantitative estimate of drug-likeness (QED) is 0.133. The van der Waals surface area contributed by atoms with Crippen LogP contribution in [0.4, 0.5) is 0 Å². The first-order valence-corrected chi connectivity index (χ1v) is 18.6. The molecule has 0 bridgehead atoms. The molecule has 1 atom stereocenters. The van der Waals surface area contributed by atoms with Crippen molar-refractivity contribution in [2.24, 2.45) is 7.05 Å². The van der Waals surface area contributed by atoms with Crippen LogP contribution in [0, 0.1) is 6.92 Å². The molecule has 0 amide bonds. The first-order chi connectivity index (χ1) is 20.1. The standard InChI is InChI=1S/C34H43N3O4Si/c1-23-29(14-15-32-34(23)35-36-37(32)2)31(20-33(38)41-16-17-42(4,5)6)26-18-25-8-7-9-30(25)27(19-26)22-40-21-24-10-12-28(39-3)13-11-24/h10-15,18-19,31H,7-9,16-17,20-22H2,1-6H3/t31-/m0/s1. The minimum Gasteiger partial charge on any atom is -0.497 e. The van der Waals surface area contributed by atoms with Crippen LogP contribution in [0.1, 0.15) is 57.7 Å². The third kappa shape index (κ3) is 6.93. The van der Waals surface area contributed by atoms with Crippen LogP contribution in [-0.2, 0) is 47.4 Å². The van der Waals surface area contributed by atoms with Gasteiger partial charge in [0.05, 0.1) is 38.9 Å². The van der Waals surface area contributed by atoms with Crippen molar-refractivity contribution < 1.29 is 19.0 Å². The second-order valence-corrected chi connectivity index (χ2v) is 18.3. The lowest BCUT2D eigenvalue weighted by Crippen LogP contribution is -2.23. The summed E-state index contributed by atoms with van der Waals surface area (Å²) in [6, 6.07) is 17.7. The highest BCUT2D eigenvalue weighted by Crippen LogP contribution is 2.37. The number of rotatable bonds is 12. The second-order valence-electron chi connectivity index (χ2n) is 12.7. The summed E-state index contributed by atoms with van der Waals surface area (Å²) in [7, 11) is 2.27. The van der Waals surface area contributed by atoms with Crippen molar-refractivity contribution in [3.05, 3.63) is 87.5 Å². The van der Waals surface area contributed by atoms with Crippen molar-refractivity contribution in [2.45, 2.75) is 77.4 Å². The first kappa shape index (κ1) is 30.0. The number of nitrogens with zero attached hydrogens (tertiary/aromatic N) is 3. The Kier molecular flexibility index (Phi) is 9.13. The van der Waals surface area contributed by atoms with Crippen molar-refractivity contribution in [1.82, 2.24) is 15.0 Å². The molecule has 0 unspecified atom stereocenters. The van der Waals surface area contributed by atoms with Gasteiger partial charge in [0.25, 0.3) is 0 Å². The molecule has 1 aliphatic carbocycles. The van der Waals surface area contributed by atoms with E-state index in [9.17, 15) is 4.79 Å². The number of carbonyl (C=O) groups excluding carboxylic acids is 1. The van der Waals surface area contributed by atoms with Crippen LogP contribution in [0.15, 0.2) is 48.5 Å². The molecule has 0 fully saturated rings. The van der Waals surface area contributed by atoms with Crippen LogP contribution >= 0.6 is 0 Å². The molecule has 4 aromatic rings. The van der Waals surface area contributed by atoms with Crippen molar-refractivity contribution in [2.75, 3.05) is 13.7 Å². The number of hydrogen-bond donors (Lipinski definition) is 0. The van der Waals surface area contributed by atoms with Gasteiger partial charge in [-0.3, -0.25) is 4.79 Å². The van der Waals surface area contributed by atoms with E-state index in [2.05, 4.69) is 61.1 Å². The van der Waals surface area contributed by atoms with Gasteiger partial charge >= 0.3 is 5.97 Å². The molecule has 0 saturated heterocycles. The van der Waals surface area contributed by atoms with Crippen LogP contribution in [0.25, 0.3) is 11.0 Å². The third-order valence-electron chi connectivity index (χ3n) is 8.36. The summed E-state index contributed by atoms with van der Waals surface area (Å²) >= 11 is 0. The van der Waals surface area contributed by atoms with Gasteiger partial charge in [-0.05, 0) is 89.4 Å². The smallest absolute Gasteiger partial charge is 0.306 e. The molecule has 0 aliphatic heterocycles. The fourth-order valence-corrected chi connectivity index (χ4v) is 6.60. The molecule has 1 aromatic heterocycles. The zero-order valence-electron chi connectivity index (χ0n) is 25.8. The first-order valence-electron chi connectivity index (χ1n) is 14.9. The van der Waals surface area contributed by atoms with Crippen LogP contribution in [-0.4, -0.2) is 42.8 Å². The zero-order valence-corrected chi connectivity index (χ0v) is 26.8. The van der Waals surface area contributed by atoms with E-state index in [-0.39, 0.29) is 18.3 Å². The summed E-state index contributed by atoms with van der Waals surface area (Å²) < 4.78 is 19.1. The lowest BCUT2D eigenvalue weighted by molar-refractivity contribution is -0.143. The number of aryl methyl sites for hydroxylation is 3. The predicted molar refractivity (Wildman–Crippen MR) is 169 cm³/mol. The highest BCUT2D eigenvalue weighted by molar-refractivity contribution is 6.76. The van der Waals surface area contributed by atoms with Crippen molar-refractivity contribution in [3.8, 4) is 5.75 Å². The van der Waals surface area contributed by atoms with Gasteiger partial charge < -0.3 is 14.2 Å². The molecule has 222 valence electrons. The maximum Gasteiger partial charge on any atom is 0.306 e. The summed E-state index contributed by atoms with van der Waals surface area (Å²) in [5, 5.41) is 8.68. The maximum absolute atomic E-state index is 13.3. The lowest BCUT2D eigenvalue weighted by Gasteiger charge is -2.23. The summed E-state index contributed by atoms with van der Waals surface area (Å²) in [6.45, 7) is 10.5. The summed E-state index contributed by atoms with van der Waals surface area (Å²) in [6.07, 6.45) is 3.52. The molecule has 7 nitrogen and oxygen atoms in total. The van der Waals surface area contributed by atoms with E-state index in [0.717, 1.165) is 64.3 Å². The van der Waals surface area contributed by atoms with Gasteiger partial charge in [-0.2, -0.15) is 0 Å². The molecule has 8 heteroatoms. The van der Waals surface area contributed by atoms with Crippen molar-refractivity contribution in [3.63, 3.8) is 0 Å². The third-order valence-corrected chi connectivity index (χ3v) is 10.1. The summed E-state index contributed by atoms with van der Waals surface area (Å²) in [5.41, 5.74) is 10.2. The molecule has 1 aliphatic rings. The van der Waals surface area contributed by atoms with Gasteiger partial charge in [-0.1, -0.05) is 55.2 Å².